The van der Waals surface area contributed by atoms with E-state index in [2.05, 4.69) is 37.9 Å². The number of hydrogen-bond donors (Lipinski definition) is 1. The van der Waals surface area contributed by atoms with Crippen LogP contribution >= 0.6 is 0 Å². The van der Waals surface area contributed by atoms with Gasteiger partial charge in [-0.25, -0.2) is 0 Å². The van der Waals surface area contributed by atoms with Crippen molar-refractivity contribution in [2.45, 2.75) is 27.7 Å². The molecule has 1 heteroatoms. The van der Waals surface area contributed by atoms with Gasteiger partial charge in [0.15, 0.2) is 0 Å². The summed E-state index contributed by atoms with van der Waals surface area (Å²) in [5.74, 6) is 0.593. The Labute approximate surface area is 75.9 Å². The number of nitrogens with one attached hydrogen (secondary N) is 1. The van der Waals surface area contributed by atoms with Gasteiger partial charge in [-0.2, -0.15) is 0 Å². The van der Waals surface area contributed by atoms with Crippen LogP contribution in [0.15, 0.2) is 36.2 Å². The van der Waals surface area contributed by atoms with Gasteiger partial charge < -0.3 is 5.32 Å². The topological polar surface area (TPSA) is 12.0 Å². The summed E-state index contributed by atoms with van der Waals surface area (Å²) in [5, 5.41) is 3.02. The minimum absolute atomic E-state index is 0.593. The van der Waals surface area contributed by atoms with Crippen molar-refractivity contribution in [1.29, 1.82) is 0 Å². The molecule has 12 heavy (non-hydrogen) atoms. The summed E-state index contributed by atoms with van der Waals surface area (Å²) < 4.78 is 0. The summed E-state index contributed by atoms with van der Waals surface area (Å²) in [6, 6.07) is 0. The summed E-state index contributed by atoms with van der Waals surface area (Å²) in [4.78, 5) is 0. The Morgan fingerprint density at radius 2 is 1.92 bits per heavy atom. The highest BCUT2D eigenvalue weighted by molar-refractivity contribution is 5.33. The van der Waals surface area contributed by atoms with Crippen LogP contribution in [0, 0.1) is 5.92 Å². The van der Waals surface area contributed by atoms with Crippen LogP contribution in [0.1, 0.15) is 27.7 Å². The predicted molar refractivity (Wildman–Crippen MR) is 55.7 cm³/mol. The zero-order valence-corrected chi connectivity index (χ0v) is 8.52. The van der Waals surface area contributed by atoms with Crippen molar-refractivity contribution in [2.24, 2.45) is 5.92 Å². The van der Waals surface area contributed by atoms with Gasteiger partial charge in [0.1, 0.15) is 0 Å². The van der Waals surface area contributed by atoms with E-state index in [0.717, 1.165) is 5.70 Å². The second-order valence-electron chi connectivity index (χ2n) is 2.80. The van der Waals surface area contributed by atoms with Crippen LogP contribution in [0.25, 0.3) is 0 Å². The predicted octanol–water partition coefficient (Wildman–Crippen LogP) is 3.23. The molecule has 0 aromatic rings. The fraction of sp³-hybridized carbons (Fsp3) is 0.455. The minimum atomic E-state index is 0.593. The number of hydrogen-bond acceptors (Lipinski definition) is 1. The quantitative estimate of drug-likeness (QED) is 0.629. The first-order valence-electron chi connectivity index (χ1n) is 4.53. The van der Waals surface area contributed by atoms with Gasteiger partial charge in [0.25, 0.3) is 0 Å². The van der Waals surface area contributed by atoms with Crippen molar-refractivity contribution >= 4 is 0 Å². The maximum Gasteiger partial charge on any atom is 0.0309 e. The average molecular weight is 165 g/mol. The van der Waals surface area contributed by atoms with Crippen LogP contribution < -0.4 is 5.32 Å². The van der Waals surface area contributed by atoms with Crippen molar-refractivity contribution in [1.82, 2.24) is 5.32 Å². The van der Waals surface area contributed by atoms with E-state index >= 15 is 0 Å². The Hall–Kier alpha value is -0.980. The second kappa shape index (κ2) is 5.64. The standard InChI is InChI=1S/C9H13N.C2H6/c1-7(2)9-4-5-10-8(3)6-9;1-2/h4-7,10H,3H2,1-2H3;1-2H3. The minimum Gasteiger partial charge on any atom is -0.362 e. The molecule has 1 nitrogen and oxygen atoms in total. The van der Waals surface area contributed by atoms with Gasteiger partial charge in [-0.3, -0.25) is 0 Å². The van der Waals surface area contributed by atoms with Crippen molar-refractivity contribution in [2.75, 3.05) is 0 Å². The summed E-state index contributed by atoms with van der Waals surface area (Å²) in [6.07, 6.45) is 6.08. The number of dihydropyridines is 1. The molecule has 0 bridgehead atoms. The maximum absolute atomic E-state index is 3.81. The first-order chi connectivity index (χ1) is 5.70. The van der Waals surface area contributed by atoms with Crippen LogP contribution in [0.3, 0.4) is 0 Å². The molecule has 1 aliphatic heterocycles. The molecule has 0 radical (unpaired) electrons. The molecule has 0 fully saturated rings. The molecule has 1 heterocycles. The van der Waals surface area contributed by atoms with Crippen molar-refractivity contribution in [3.63, 3.8) is 0 Å². The van der Waals surface area contributed by atoms with Crippen molar-refractivity contribution in [3.05, 3.63) is 36.2 Å². The highest BCUT2D eigenvalue weighted by Crippen LogP contribution is 2.14. The number of rotatable bonds is 1. The van der Waals surface area contributed by atoms with Crippen LogP contribution in [0.2, 0.25) is 0 Å². The number of allylic oxidation sites excluding steroid dienone is 3. The van der Waals surface area contributed by atoms with Gasteiger partial charge in [0.2, 0.25) is 0 Å². The van der Waals surface area contributed by atoms with E-state index < -0.39 is 0 Å². The zero-order valence-electron chi connectivity index (χ0n) is 8.52. The molecular formula is C11H19N. The Morgan fingerprint density at radius 1 is 1.33 bits per heavy atom. The fourth-order valence-corrected chi connectivity index (χ4v) is 0.895. The van der Waals surface area contributed by atoms with Crippen molar-refractivity contribution < 1.29 is 0 Å². The summed E-state index contributed by atoms with van der Waals surface area (Å²) in [6.45, 7) is 12.2. The average Bonchev–Trinajstić information content (AvgIpc) is 2.08. The van der Waals surface area contributed by atoms with Gasteiger partial charge in [-0.05, 0) is 23.6 Å². The highest BCUT2D eigenvalue weighted by Gasteiger charge is 2.02. The van der Waals surface area contributed by atoms with E-state index in [9.17, 15) is 0 Å². The smallest absolute Gasteiger partial charge is 0.0309 e. The van der Waals surface area contributed by atoms with E-state index in [-0.39, 0.29) is 0 Å². The van der Waals surface area contributed by atoms with Crippen molar-refractivity contribution in [3.8, 4) is 0 Å². The van der Waals surface area contributed by atoms with E-state index in [4.69, 9.17) is 0 Å². The van der Waals surface area contributed by atoms with Gasteiger partial charge in [0, 0.05) is 11.9 Å². The van der Waals surface area contributed by atoms with E-state index in [1.165, 1.54) is 5.57 Å². The Balaban J connectivity index is 0.000000561. The fourth-order valence-electron chi connectivity index (χ4n) is 0.895. The lowest BCUT2D eigenvalue weighted by atomic mass is 10.0. The molecule has 1 aliphatic rings. The van der Waals surface area contributed by atoms with Crippen LogP contribution in [0.4, 0.5) is 0 Å². The molecule has 1 rings (SSSR count). The molecule has 0 saturated carbocycles. The Bertz CT molecular complexity index is 197. The van der Waals surface area contributed by atoms with Crippen LogP contribution in [-0.2, 0) is 0 Å². The molecule has 0 aromatic carbocycles. The normalized spacial score (nSPS) is 14.8. The molecule has 0 unspecified atom stereocenters. The van der Waals surface area contributed by atoms with Gasteiger partial charge >= 0.3 is 0 Å². The van der Waals surface area contributed by atoms with E-state index in [1.54, 1.807) is 0 Å². The van der Waals surface area contributed by atoms with Crippen LogP contribution in [0.5, 0.6) is 0 Å². The van der Waals surface area contributed by atoms with E-state index in [0.29, 0.717) is 5.92 Å². The molecule has 0 atom stereocenters. The van der Waals surface area contributed by atoms with Crippen LogP contribution in [-0.4, -0.2) is 0 Å². The molecule has 0 amide bonds. The third-order valence-corrected chi connectivity index (χ3v) is 1.55. The zero-order chi connectivity index (χ0) is 9.56. The third kappa shape index (κ3) is 3.42. The largest absolute Gasteiger partial charge is 0.362 e. The first kappa shape index (κ1) is 11.0. The Morgan fingerprint density at radius 3 is 2.25 bits per heavy atom. The monoisotopic (exact) mass is 165 g/mol. The van der Waals surface area contributed by atoms with Gasteiger partial charge in [0.05, 0.1) is 0 Å². The maximum atomic E-state index is 3.81. The third-order valence-electron chi connectivity index (χ3n) is 1.55. The molecule has 0 aliphatic carbocycles. The summed E-state index contributed by atoms with van der Waals surface area (Å²) >= 11 is 0. The summed E-state index contributed by atoms with van der Waals surface area (Å²) in [7, 11) is 0. The Kier molecular flexibility index (Phi) is 5.18. The molecule has 0 aromatic heterocycles. The second-order valence-corrected chi connectivity index (χ2v) is 2.80. The molecule has 68 valence electrons. The van der Waals surface area contributed by atoms with Gasteiger partial charge in [-0.15, -0.1) is 0 Å². The lowest BCUT2D eigenvalue weighted by molar-refractivity contribution is 0.782. The first-order valence-corrected chi connectivity index (χ1v) is 4.53. The lowest BCUT2D eigenvalue weighted by Crippen LogP contribution is -2.07. The lowest BCUT2D eigenvalue weighted by Gasteiger charge is -2.12. The molecule has 0 saturated heterocycles. The molecule has 0 spiro atoms. The molecule has 1 N–H and O–H groups in total. The highest BCUT2D eigenvalue weighted by atomic mass is 14.8. The summed E-state index contributed by atoms with van der Waals surface area (Å²) in [5.41, 5.74) is 2.31. The van der Waals surface area contributed by atoms with E-state index in [1.807, 2.05) is 20.0 Å². The SMILES string of the molecule is C=C1C=C(C(C)C)C=CN1.CC. The molecular weight excluding hydrogens is 146 g/mol. The van der Waals surface area contributed by atoms with Gasteiger partial charge in [-0.1, -0.05) is 34.3 Å².